The van der Waals surface area contributed by atoms with E-state index in [4.69, 9.17) is 0 Å². The number of fused-ring (bicyclic) bond motifs is 1. The van der Waals surface area contributed by atoms with Crippen molar-refractivity contribution in [3.63, 3.8) is 0 Å². The molecule has 0 spiro atoms. The summed E-state index contributed by atoms with van der Waals surface area (Å²) in [5.74, 6) is -0.140. The van der Waals surface area contributed by atoms with Crippen LogP contribution >= 0.6 is 31.9 Å². The summed E-state index contributed by atoms with van der Waals surface area (Å²) in [4.78, 5) is 12.4. The molecule has 0 radical (unpaired) electrons. The largest absolute Gasteiger partial charge is 0.322 e. The van der Waals surface area contributed by atoms with E-state index >= 15 is 0 Å². The van der Waals surface area contributed by atoms with Crippen LogP contribution in [0.2, 0.25) is 0 Å². The highest BCUT2D eigenvalue weighted by molar-refractivity contribution is 9.11. The fraction of sp³-hybridized carbons (Fsp3) is 0. The van der Waals surface area contributed by atoms with Crippen LogP contribution in [0.5, 0.6) is 0 Å². The zero-order chi connectivity index (χ0) is 14.8. The number of carbonyl (C=O) groups is 1. The smallest absolute Gasteiger partial charge is 0.256 e. The molecule has 0 aromatic heterocycles. The molecule has 0 bridgehead atoms. The third-order valence-electron chi connectivity index (χ3n) is 3.18. The van der Waals surface area contributed by atoms with Gasteiger partial charge in [-0.15, -0.1) is 0 Å². The highest BCUT2D eigenvalue weighted by Gasteiger charge is 2.11. The Morgan fingerprint density at radius 1 is 0.857 bits per heavy atom. The van der Waals surface area contributed by atoms with E-state index in [2.05, 4.69) is 37.2 Å². The minimum atomic E-state index is -0.140. The lowest BCUT2D eigenvalue weighted by Crippen LogP contribution is -2.12. The van der Waals surface area contributed by atoms with E-state index in [0.29, 0.717) is 5.56 Å². The Morgan fingerprint density at radius 2 is 1.62 bits per heavy atom. The van der Waals surface area contributed by atoms with Crippen LogP contribution in [0.4, 0.5) is 5.69 Å². The highest BCUT2D eigenvalue weighted by atomic mass is 79.9. The van der Waals surface area contributed by atoms with Crippen LogP contribution in [0.15, 0.2) is 69.6 Å². The molecule has 0 saturated heterocycles. The zero-order valence-corrected chi connectivity index (χ0v) is 14.1. The summed E-state index contributed by atoms with van der Waals surface area (Å²) in [7, 11) is 0. The van der Waals surface area contributed by atoms with Crippen LogP contribution in [0.25, 0.3) is 10.8 Å². The van der Waals surface area contributed by atoms with Crippen molar-refractivity contribution in [2.75, 3.05) is 5.32 Å². The number of halogens is 2. The zero-order valence-electron chi connectivity index (χ0n) is 10.9. The summed E-state index contributed by atoms with van der Waals surface area (Å²) in [5.41, 5.74) is 1.38. The first-order chi connectivity index (χ1) is 10.1. The van der Waals surface area contributed by atoms with Gasteiger partial charge in [-0.05, 0) is 57.0 Å². The minimum absolute atomic E-state index is 0.140. The van der Waals surface area contributed by atoms with Crippen molar-refractivity contribution in [1.82, 2.24) is 0 Å². The average Bonchev–Trinajstić information content (AvgIpc) is 2.49. The summed E-state index contributed by atoms with van der Waals surface area (Å²) in [6.07, 6.45) is 0. The molecule has 0 fully saturated rings. The molecular weight excluding hydrogens is 394 g/mol. The van der Waals surface area contributed by atoms with Gasteiger partial charge >= 0.3 is 0 Å². The second kappa shape index (κ2) is 6.00. The molecule has 104 valence electrons. The fourth-order valence-electron chi connectivity index (χ4n) is 2.14. The first kappa shape index (κ1) is 14.3. The van der Waals surface area contributed by atoms with Crippen molar-refractivity contribution in [1.29, 1.82) is 0 Å². The fourth-order valence-corrected chi connectivity index (χ4v) is 2.92. The molecular formula is C17H11Br2NO. The molecule has 0 saturated carbocycles. The van der Waals surface area contributed by atoms with Crippen molar-refractivity contribution >= 4 is 54.2 Å². The predicted molar refractivity (Wildman–Crippen MR) is 93.7 cm³/mol. The van der Waals surface area contributed by atoms with Crippen molar-refractivity contribution in [2.45, 2.75) is 0 Å². The molecule has 3 rings (SSSR count). The Balaban J connectivity index is 1.90. The standard InChI is InChI=1S/C17H11Br2NO/c18-13-6-8-16(19)15(10-13)17(21)20-14-7-5-11-3-1-2-4-12(11)9-14/h1-10H,(H,20,21). The lowest BCUT2D eigenvalue weighted by Gasteiger charge is -2.08. The van der Waals surface area contributed by atoms with E-state index in [1.54, 1.807) is 6.07 Å². The first-order valence-corrected chi connectivity index (χ1v) is 7.97. The van der Waals surface area contributed by atoms with Crippen LogP contribution in [0.1, 0.15) is 10.4 Å². The summed E-state index contributed by atoms with van der Waals surface area (Å²) in [6.45, 7) is 0. The molecule has 0 aliphatic heterocycles. The first-order valence-electron chi connectivity index (χ1n) is 6.39. The lowest BCUT2D eigenvalue weighted by atomic mass is 10.1. The lowest BCUT2D eigenvalue weighted by molar-refractivity contribution is 0.102. The summed E-state index contributed by atoms with van der Waals surface area (Å²) in [5, 5.41) is 5.18. The van der Waals surface area contributed by atoms with Gasteiger partial charge < -0.3 is 5.32 Å². The van der Waals surface area contributed by atoms with E-state index in [0.717, 1.165) is 25.4 Å². The van der Waals surface area contributed by atoms with Crippen molar-refractivity contribution < 1.29 is 4.79 Å². The molecule has 0 aliphatic carbocycles. The van der Waals surface area contributed by atoms with Crippen molar-refractivity contribution in [2.24, 2.45) is 0 Å². The van der Waals surface area contributed by atoms with Crippen LogP contribution in [-0.4, -0.2) is 5.91 Å². The van der Waals surface area contributed by atoms with Gasteiger partial charge in [-0.3, -0.25) is 4.79 Å². The molecule has 0 unspecified atom stereocenters. The number of amides is 1. The molecule has 0 aliphatic rings. The Labute approximate surface area is 139 Å². The quantitative estimate of drug-likeness (QED) is 0.590. The molecule has 21 heavy (non-hydrogen) atoms. The molecule has 1 amide bonds. The number of hydrogen-bond acceptors (Lipinski definition) is 1. The Kier molecular flexibility index (Phi) is 4.08. The van der Waals surface area contributed by atoms with Gasteiger partial charge in [0.05, 0.1) is 5.56 Å². The third kappa shape index (κ3) is 3.17. The second-order valence-corrected chi connectivity index (χ2v) is 6.41. The summed E-state index contributed by atoms with van der Waals surface area (Å²) < 4.78 is 1.64. The van der Waals surface area contributed by atoms with E-state index in [1.165, 1.54) is 0 Å². The maximum atomic E-state index is 12.4. The van der Waals surface area contributed by atoms with Gasteiger partial charge in [0, 0.05) is 14.6 Å². The monoisotopic (exact) mass is 403 g/mol. The maximum absolute atomic E-state index is 12.4. The van der Waals surface area contributed by atoms with E-state index in [1.807, 2.05) is 54.6 Å². The molecule has 2 nitrogen and oxygen atoms in total. The van der Waals surface area contributed by atoms with Gasteiger partial charge in [-0.1, -0.05) is 46.3 Å². The van der Waals surface area contributed by atoms with E-state index in [9.17, 15) is 4.79 Å². The van der Waals surface area contributed by atoms with Crippen molar-refractivity contribution in [3.05, 3.63) is 75.2 Å². The molecule has 3 aromatic rings. The van der Waals surface area contributed by atoms with Crippen LogP contribution < -0.4 is 5.32 Å². The number of anilines is 1. The number of hydrogen-bond donors (Lipinski definition) is 1. The summed E-state index contributed by atoms with van der Waals surface area (Å²) in [6, 6.07) is 19.5. The van der Waals surface area contributed by atoms with Gasteiger partial charge in [0.2, 0.25) is 0 Å². The molecule has 3 aromatic carbocycles. The number of rotatable bonds is 2. The minimum Gasteiger partial charge on any atom is -0.322 e. The Morgan fingerprint density at radius 3 is 2.43 bits per heavy atom. The van der Waals surface area contributed by atoms with Crippen molar-refractivity contribution in [3.8, 4) is 0 Å². The SMILES string of the molecule is O=C(Nc1ccc2ccccc2c1)c1cc(Br)ccc1Br. The molecule has 1 N–H and O–H groups in total. The predicted octanol–water partition coefficient (Wildman–Crippen LogP) is 5.62. The van der Waals surface area contributed by atoms with E-state index in [-0.39, 0.29) is 5.91 Å². The molecule has 0 heterocycles. The normalized spacial score (nSPS) is 10.6. The average molecular weight is 405 g/mol. The van der Waals surface area contributed by atoms with Gasteiger partial charge in [0.15, 0.2) is 0 Å². The Bertz CT molecular complexity index is 830. The Hall–Kier alpha value is -1.65. The summed E-state index contributed by atoms with van der Waals surface area (Å²) >= 11 is 6.78. The van der Waals surface area contributed by atoms with Gasteiger partial charge in [0.1, 0.15) is 0 Å². The number of carbonyl (C=O) groups excluding carboxylic acids is 1. The second-order valence-electron chi connectivity index (χ2n) is 4.64. The third-order valence-corrected chi connectivity index (χ3v) is 4.37. The van der Waals surface area contributed by atoms with Gasteiger partial charge in [-0.25, -0.2) is 0 Å². The van der Waals surface area contributed by atoms with Crippen LogP contribution in [0.3, 0.4) is 0 Å². The van der Waals surface area contributed by atoms with Crippen LogP contribution in [-0.2, 0) is 0 Å². The number of benzene rings is 3. The van der Waals surface area contributed by atoms with Crippen LogP contribution in [0, 0.1) is 0 Å². The van der Waals surface area contributed by atoms with Gasteiger partial charge in [-0.2, -0.15) is 0 Å². The maximum Gasteiger partial charge on any atom is 0.256 e. The van der Waals surface area contributed by atoms with Gasteiger partial charge in [0.25, 0.3) is 5.91 Å². The molecule has 4 heteroatoms. The topological polar surface area (TPSA) is 29.1 Å². The molecule has 0 atom stereocenters. The number of nitrogens with one attached hydrogen (secondary N) is 1. The van der Waals surface area contributed by atoms with E-state index < -0.39 is 0 Å². The highest BCUT2D eigenvalue weighted by Crippen LogP contribution is 2.24.